The average molecular weight is 270 g/mol. The van der Waals surface area contributed by atoms with E-state index in [9.17, 15) is 0 Å². The van der Waals surface area contributed by atoms with Crippen LogP contribution in [0.1, 0.15) is 23.9 Å². The first-order valence-electron chi connectivity index (χ1n) is 7.33. The third-order valence-corrected chi connectivity index (χ3v) is 3.93. The van der Waals surface area contributed by atoms with Gasteiger partial charge in [-0.15, -0.1) is 0 Å². The fourth-order valence-corrected chi connectivity index (χ4v) is 2.83. The minimum Gasteiger partial charge on any atom is -0.362 e. The third kappa shape index (κ3) is 2.56. The number of nitrogens with zero attached hydrogens (tertiary/aromatic N) is 3. The summed E-state index contributed by atoms with van der Waals surface area (Å²) in [5, 5.41) is 3.37. The summed E-state index contributed by atoms with van der Waals surface area (Å²) >= 11 is 0. The van der Waals surface area contributed by atoms with E-state index in [0.717, 1.165) is 38.5 Å². The predicted octanol–water partition coefficient (Wildman–Crippen LogP) is 2.32. The lowest BCUT2D eigenvalue weighted by atomic mass is 10.1. The molecule has 0 unspecified atom stereocenters. The number of benzene rings is 1. The quantitative estimate of drug-likeness (QED) is 0.925. The van der Waals surface area contributed by atoms with Gasteiger partial charge in [0.1, 0.15) is 5.82 Å². The maximum Gasteiger partial charge on any atom is 0.128 e. The maximum atomic E-state index is 4.43. The molecule has 2 aromatic rings. The molecule has 1 aliphatic rings. The van der Waals surface area contributed by atoms with Crippen LogP contribution in [-0.2, 0) is 19.6 Å². The van der Waals surface area contributed by atoms with Crippen molar-refractivity contribution in [2.45, 2.75) is 33.5 Å². The zero-order valence-electron chi connectivity index (χ0n) is 12.3. The van der Waals surface area contributed by atoms with Crippen LogP contribution in [0.4, 0.5) is 5.69 Å². The largest absolute Gasteiger partial charge is 0.362 e. The van der Waals surface area contributed by atoms with Gasteiger partial charge in [0, 0.05) is 37.7 Å². The number of anilines is 1. The molecule has 20 heavy (non-hydrogen) atoms. The van der Waals surface area contributed by atoms with E-state index in [1.165, 1.54) is 16.8 Å². The van der Waals surface area contributed by atoms with Crippen molar-refractivity contribution in [1.29, 1.82) is 0 Å². The van der Waals surface area contributed by atoms with E-state index in [0.29, 0.717) is 0 Å². The Kier molecular flexibility index (Phi) is 3.74. The standard InChI is InChI=1S/C16H22N4/c1-3-17-11-14-4-5-15(13(2)10-14)20-9-8-19-7-6-18-16(19)12-20/h4-7,10,17H,3,8-9,11-12H2,1-2H3. The van der Waals surface area contributed by atoms with Gasteiger partial charge in [-0.1, -0.05) is 19.1 Å². The highest BCUT2D eigenvalue weighted by molar-refractivity contribution is 5.54. The van der Waals surface area contributed by atoms with Crippen molar-refractivity contribution < 1.29 is 0 Å². The van der Waals surface area contributed by atoms with Crippen molar-refractivity contribution in [3.05, 3.63) is 47.5 Å². The highest BCUT2D eigenvalue weighted by atomic mass is 15.2. The summed E-state index contributed by atoms with van der Waals surface area (Å²) in [4.78, 5) is 6.86. The second-order valence-electron chi connectivity index (χ2n) is 5.36. The van der Waals surface area contributed by atoms with Gasteiger partial charge < -0.3 is 14.8 Å². The number of fused-ring (bicyclic) bond motifs is 1. The summed E-state index contributed by atoms with van der Waals surface area (Å²) in [6, 6.07) is 6.77. The van der Waals surface area contributed by atoms with E-state index in [1.54, 1.807) is 0 Å². The SMILES string of the molecule is CCNCc1ccc(N2CCn3ccnc3C2)c(C)c1. The number of imidazole rings is 1. The molecule has 0 radical (unpaired) electrons. The summed E-state index contributed by atoms with van der Waals surface area (Å²) in [5.41, 5.74) is 4.03. The first kappa shape index (κ1) is 13.2. The average Bonchev–Trinajstić information content (AvgIpc) is 2.92. The molecule has 0 aliphatic carbocycles. The van der Waals surface area contributed by atoms with E-state index in [1.807, 2.05) is 6.20 Å². The van der Waals surface area contributed by atoms with Gasteiger partial charge in [-0.25, -0.2) is 4.98 Å². The molecular weight excluding hydrogens is 248 g/mol. The fourth-order valence-electron chi connectivity index (χ4n) is 2.83. The Balaban J connectivity index is 1.78. The van der Waals surface area contributed by atoms with E-state index in [4.69, 9.17) is 0 Å². The highest BCUT2D eigenvalue weighted by Gasteiger charge is 2.18. The molecule has 4 nitrogen and oxygen atoms in total. The number of hydrogen-bond acceptors (Lipinski definition) is 3. The van der Waals surface area contributed by atoms with Crippen molar-refractivity contribution in [3.63, 3.8) is 0 Å². The molecule has 1 aromatic heterocycles. The molecule has 1 aromatic carbocycles. The molecule has 4 heteroatoms. The minimum absolute atomic E-state index is 0.903. The molecule has 0 saturated carbocycles. The van der Waals surface area contributed by atoms with Crippen molar-refractivity contribution in [2.24, 2.45) is 0 Å². The molecule has 106 valence electrons. The van der Waals surface area contributed by atoms with Crippen LogP contribution in [0.5, 0.6) is 0 Å². The van der Waals surface area contributed by atoms with Gasteiger partial charge in [-0.3, -0.25) is 0 Å². The van der Waals surface area contributed by atoms with Crippen molar-refractivity contribution in [2.75, 3.05) is 18.0 Å². The summed E-state index contributed by atoms with van der Waals surface area (Å²) in [7, 11) is 0. The maximum absolute atomic E-state index is 4.43. The number of aryl methyl sites for hydroxylation is 1. The number of rotatable bonds is 4. The Bertz CT molecular complexity index is 588. The summed E-state index contributed by atoms with van der Waals surface area (Å²) in [6.07, 6.45) is 3.96. The molecule has 0 fully saturated rings. The zero-order valence-corrected chi connectivity index (χ0v) is 12.3. The number of aromatic nitrogens is 2. The van der Waals surface area contributed by atoms with Gasteiger partial charge in [0.15, 0.2) is 0 Å². The Morgan fingerprint density at radius 3 is 3.00 bits per heavy atom. The lowest BCUT2D eigenvalue weighted by Crippen LogP contribution is -2.34. The molecule has 0 atom stereocenters. The van der Waals surface area contributed by atoms with Crippen LogP contribution in [0.15, 0.2) is 30.6 Å². The first-order chi connectivity index (χ1) is 9.78. The van der Waals surface area contributed by atoms with Crippen LogP contribution in [0.3, 0.4) is 0 Å². The Labute approximate surface area is 120 Å². The van der Waals surface area contributed by atoms with Gasteiger partial charge in [0.25, 0.3) is 0 Å². The van der Waals surface area contributed by atoms with E-state index < -0.39 is 0 Å². The summed E-state index contributed by atoms with van der Waals surface area (Å²) in [6.45, 7) is 9.27. The van der Waals surface area contributed by atoms with Crippen molar-refractivity contribution >= 4 is 5.69 Å². The van der Waals surface area contributed by atoms with E-state index >= 15 is 0 Å². The molecule has 0 spiro atoms. The first-order valence-corrected chi connectivity index (χ1v) is 7.33. The summed E-state index contributed by atoms with van der Waals surface area (Å²) < 4.78 is 2.24. The smallest absolute Gasteiger partial charge is 0.128 e. The number of hydrogen-bond donors (Lipinski definition) is 1. The van der Waals surface area contributed by atoms with Gasteiger partial charge in [0.05, 0.1) is 6.54 Å². The van der Waals surface area contributed by atoms with Gasteiger partial charge >= 0.3 is 0 Å². The van der Waals surface area contributed by atoms with Gasteiger partial charge in [0.2, 0.25) is 0 Å². The minimum atomic E-state index is 0.903. The van der Waals surface area contributed by atoms with Crippen LogP contribution in [0, 0.1) is 6.92 Å². The molecule has 2 heterocycles. The van der Waals surface area contributed by atoms with Crippen molar-refractivity contribution in [3.8, 4) is 0 Å². The Hall–Kier alpha value is -1.81. The Morgan fingerprint density at radius 2 is 2.20 bits per heavy atom. The van der Waals surface area contributed by atoms with E-state index in [2.05, 4.69) is 58.0 Å². The lowest BCUT2D eigenvalue weighted by molar-refractivity contribution is 0.559. The normalized spacial score (nSPS) is 14.4. The molecule has 1 N–H and O–H groups in total. The summed E-state index contributed by atoms with van der Waals surface area (Å²) in [5.74, 6) is 1.16. The monoisotopic (exact) mass is 270 g/mol. The predicted molar refractivity (Wildman–Crippen MR) is 81.8 cm³/mol. The van der Waals surface area contributed by atoms with Crippen LogP contribution in [-0.4, -0.2) is 22.6 Å². The topological polar surface area (TPSA) is 33.1 Å². The highest BCUT2D eigenvalue weighted by Crippen LogP contribution is 2.25. The zero-order chi connectivity index (χ0) is 13.9. The third-order valence-electron chi connectivity index (χ3n) is 3.93. The van der Waals surface area contributed by atoms with Gasteiger partial charge in [-0.05, 0) is 30.7 Å². The van der Waals surface area contributed by atoms with E-state index in [-0.39, 0.29) is 0 Å². The van der Waals surface area contributed by atoms with Crippen LogP contribution in [0.25, 0.3) is 0 Å². The van der Waals surface area contributed by atoms with Crippen LogP contribution < -0.4 is 10.2 Å². The fraction of sp³-hybridized carbons (Fsp3) is 0.438. The van der Waals surface area contributed by atoms with Crippen LogP contribution in [0.2, 0.25) is 0 Å². The molecule has 1 aliphatic heterocycles. The molecule has 0 saturated heterocycles. The molecule has 3 rings (SSSR count). The molecular formula is C16H22N4. The van der Waals surface area contributed by atoms with Crippen LogP contribution >= 0.6 is 0 Å². The lowest BCUT2D eigenvalue weighted by Gasteiger charge is -2.31. The Morgan fingerprint density at radius 1 is 1.30 bits per heavy atom. The van der Waals surface area contributed by atoms with Gasteiger partial charge in [-0.2, -0.15) is 0 Å². The second-order valence-corrected chi connectivity index (χ2v) is 5.36. The molecule has 0 amide bonds. The van der Waals surface area contributed by atoms with Crippen molar-refractivity contribution in [1.82, 2.24) is 14.9 Å². The number of nitrogens with one attached hydrogen (secondary N) is 1. The second kappa shape index (κ2) is 5.67. The molecule has 0 bridgehead atoms.